The van der Waals surface area contributed by atoms with Crippen molar-refractivity contribution in [2.75, 3.05) is 0 Å². The predicted octanol–water partition coefficient (Wildman–Crippen LogP) is 1.95. The first-order valence-electron chi connectivity index (χ1n) is 3.92. The Balaban J connectivity index is 2.24. The molecule has 0 bridgehead atoms. The SMILES string of the molecule is CC[C@H]1C[C@@](O)(CC)C1. The Hall–Kier alpha value is -0.0400. The van der Waals surface area contributed by atoms with Crippen LogP contribution >= 0.6 is 0 Å². The Labute approximate surface area is 57.1 Å². The van der Waals surface area contributed by atoms with Crippen LogP contribution in [0.25, 0.3) is 0 Å². The molecule has 0 saturated heterocycles. The van der Waals surface area contributed by atoms with Crippen LogP contribution in [0.2, 0.25) is 0 Å². The van der Waals surface area contributed by atoms with Gasteiger partial charge in [-0.3, -0.25) is 0 Å². The van der Waals surface area contributed by atoms with Crippen LogP contribution in [0.3, 0.4) is 0 Å². The van der Waals surface area contributed by atoms with Gasteiger partial charge in [0.1, 0.15) is 0 Å². The van der Waals surface area contributed by atoms with Crippen molar-refractivity contribution in [2.45, 2.75) is 45.1 Å². The van der Waals surface area contributed by atoms with Crippen LogP contribution < -0.4 is 0 Å². The van der Waals surface area contributed by atoms with Crippen molar-refractivity contribution in [3.63, 3.8) is 0 Å². The third kappa shape index (κ3) is 1.26. The van der Waals surface area contributed by atoms with Crippen LogP contribution in [0.1, 0.15) is 39.5 Å². The maximum absolute atomic E-state index is 9.52. The summed E-state index contributed by atoms with van der Waals surface area (Å²) in [6.45, 7) is 4.26. The van der Waals surface area contributed by atoms with Crippen molar-refractivity contribution in [3.05, 3.63) is 0 Å². The van der Waals surface area contributed by atoms with Crippen molar-refractivity contribution >= 4 is 0 Å². The van der Waals surface area contributed by atoms with E-state index in [2.05, 4.69) is 13.8 Å². The molecule has 1 nitrogen and oxygen atoms in total. The summed E-state index contributed by atoms with van der Waals surface area (Å²) in [5, 5.41) is 9.52. The molecular formula is C8H16O. The summed E-state index contributed by atoms with van der Waals surface area (Å²) in [5.74, 6) is 0.815. The number of aliphatic hydroxyl groups is 1. The molecule has 0 unspecified atom stereocenters. The average molecular weight is 128 g/mol. The molecule has 0 amide bonds. The van der Waals surface area contributed by atoms with Crippen LogP contribution in [0.4, 0.5) is 0 Å². The van der Waals surface area contributed by atoms with Gasteiger partial charge in [-0.1, -0.05) is 20.3 Å². The third-order valence-electron chi connectivity index (χ3n) is 2.57. The second kappa shape index (κ2) is 2.30. The Morgan fingerprint density at radius 1 is 1.44 bits per heavy atom. The zero-order valence-electron chi connectivity index (χ0n) is 6.35. The van der Waals surface area contributed by atoms with Gasteiger partial charge >= 0.3 is 0 Å². The first-order chi connectivity index (χ1) is 4.20. The minimum Gasteiger partial charge on any atom is -0.390 e. The van der Waals surface area contributed by atoms with E-state index in [1.165, 1.54) is 6.42 Å². The summed E-state index contributed by atoms with van der Waals surface area (Å²) in [5.41, 5.74) is -0.263. The van der Waals surface area contributed by atoms with E-state index < -0.39 is 0 Å². The third-order valence-corrected chi connectivity index (χ3v) is 2.57. The summed E-state index contributed by atoms with van der Waals surface area (Å²) in [6.07, 6.45) is 4.26. The summed E-state index contributed by atoms with van der Waals surface area (Å²) in [4.78, 5) is 0. The van der Waals surface area contributed by atoms with Crippen LogP contribution in [-0.4, -0.2) is 10.7 Å². The minimum atomic E-state index is -0.263. The highest BCUT2D eigenvalue weighted by molar-refractivity contribution is 4.91. The van der Waals surface area contributed by atoms with Crippen molar-refractivity contribution in [2.24, 2.45) is 5.92 Å². The Morgan fingerprint density at radius 2 is 2.00 bits per heavy atom. The first-order valence-corrected chi connectivity index (χ1v) is 3.92. The zero-order valence-corrected chi connectivity index (χ0v) is 6.35. The maximum atomic E-state index is 9.52. The van der Waals surface area contributed by atoms with Gasteiger partial charge in [0.2, 0.25) is 0 Å². The van der Waals surface area contributed by atoms with Gasteiger partial charge in [0, 0.05) is 0 Å². The highest BCUT2D eigenvalue weighted by Crippen LogP contribution is 2.41. The van der Waals surface area contributed by atoms with Gasteiger partial charge in [0.25, 0.3) is 0 Å². The molecule has 0 radical (unpaired) electrons. The van der Waals surface area contributed by atoms with Crippen molar-refractivity contribution in [1.82, 2.24) is 0 Å². The highest BCUT2D eigenvalue weighted by Gasteiger charge is 2.39. The maximum Gasteiger partial charge on any atom is 0.0650 e. The Kier molecular flexibility index (Phi) is 1.80. The second-order valence-corrected chi connectivity index (χ2v) is 3.26. The molecule has 0 aromatic heterocycles. The van der Waals surface area contributed by atoms with E-state index in [4.69, 9.17) is 0 Å². The molecule has 0 heterocycles. The summed E-state index contributed by atoms with van der Waals surface area (Å²) in [6, 6.07) is 0. The fourth-order valence-corrected chi connectivity index (χ4v) is 1.59. The molecule has 0 aliphatic heterocycles. The van der Waals surface area contributed by atoms with Gasteiger partial charge in [0.15, 0.2) is 0 Å². The normalized spacial score (nSPS) is 42.3. The van der Waals surface area contributed by atoms with Crippen molar-refractivity contribution < 1.29 is 5.11 Å². The molecule has 1 heteroatoms. The Bertz CT molecular complexity index is 92.7. The lowest BCUT2D eigenvalue weighted by Gasteiger charge is -2.42. The zero-order chi connectivity index (χ0) is 6.91. The molecule has 1 fully saturated rings. The van der Waals surface area contributed by atoms with Gasteiger partial charge in [-0.25, -0.2) is 0 Å². The number of rotatable bonds is 2. The van der Waals surface area contributed by atoms with Crippen molar-refractivity contribution in [1.29, 1.82) is 0 Å². The molecule has 1 aliphatic rings. The van der Waals surface area contributed by atoms with Gasteiger partial charge in [-0.15, -0.1) is 0 Å². The lowest BCUT2D eigenvalue weighted by Crippen LogP contribution is -2.42. The molecule has 0 atom stereocenters. The van der Waals surface area contributed by atoms with Gasteiger partial charge in [-0.05, 0) is 25.2 Å². The lowest BCUT2D eigenvalue weighted by atomic mass is 9.68. The largest absolute Gasteiger partial charge is 0.390 e. The number of hydrogen-bond acceptors (Lipinski definition) is 1. The van der Waals surface area contributed by atoms with Crippen LogP contribution in [0, 0.1) is 5.92 Å². The number of hydrogen-bond donors (Lipinski definition) is 1. The molecule has 0 spiro atoms. The summed E-state index contributed by atoms with van der Waals surface area (Å²) >= 11 is 0. The van der Waals surface area contributed by atoms with E-state index in [1.54, 1.807) is 0 Å². The quantitative estimate of drug-likeness (QED) is 0.602. The van der Waals surface area contributed by atoms with Gasteiger partial charge < -0.3 is 5.11 Å². The molecular weight excluding hydrogens is 112 g/mol. The second-order valence-electron chi connectivity index (χ2n) is 3.26. The highest BCUT2D eigenvalue weighted by atomic mass is 16.3. The van der Waals surface area contributed by atoms with Gasteiger partial charge in [-0.2, -0.15) is 0 Å². The molecule has 1 N–H and O–H groups in total. The fraction of sp³-hybridized carbons (Fsp3) is 1.00. The van der Waals surface area contributed by atoms with Gasteiger partial charge in [0.05, 0.1) is 5.60 Å². The molecule has 1 saturated carbocycles. The van der Waals surface area contributed by atoms with Crippen LogP contribution in [0.15, 0.2) is 0 Å². The Morgan fingerprint density at radius 3 is 2.33 bits per heavy atom. The molecule has 1 aliphatic carbocycles. The molecule has 0 aromatic carbocycles. The van der Waals surface area contributed by atoms with E-state index in [-0.39, 0.29) is 5.60 Å². The van der Waals surface area contributed by atoms with E-state index in [9.17, 15) is 5.11 Å². The van der Waals surface area contributed by atoms with E-state index in [0.717, 1.165) is 25.2 Å². The summed E-state index contributed by atoms with van der Waals surface area (Å²) in [7, 11) is 0. The standard InChI is InChI=1S/C8H16O/c1-3-7-5-8(9,4-2)6-7/h7,9H,3-6H2,1-2H3/t7-,8-. The fourth-order valence-electron chi connectivity index (χ4n) is 1.59. The van der Waals surface area contributed by atoms with E-state index in [1.807, 2.05) is 0 Å². The molecule has 1 rings (SSSR count). The topological polar surface area (TPSA) is 20.2 Å². The monoisotopic (exact) mass is 128 g/mol. The average Bonchev–Trinajstić information content (AvgIpc) is 1.81. The predicted molar refractivity (Wildman–Crippen MR) is 38.3 cm³/mol. The van der Waals surface area contributed by atoms with Crippen LogP contribution in [0.5, 0.6) is 0 Å². The first kappa shape index (κ1) is 7.07. The van der Waals surface area contributed by atoms with Crippen LogP contribution in [-0.2, 0) is 0 Å². The van der Waals surface area contributed by atoms with E-state index in [0.29, 0.717) is 0 Å². The van der Waals surface area contributed by atoms with E-state index >= 15 is 0 Å². The molecule has 9 heavy (non-hydrogen) atoms. The lowest BCUT2D eigenvalue weighted by molar-refractivity contribution is -0.0765. The molecule has 54 valence electrons. The smallest absolute Gasteiger partial charge is 0.0650 e. The summed E-state index contributed by atoms with van der Waals surface area (Å²) < 4.78 is 0. The molecule has 0 aromatic rings. The van der Waals surface area contributed by atoms with Crippen molar-refractivity contribution in [3.8, 4) is 0 Å². The minimum absolute atomic E-state index is 0.263.